The summed E-state index contributed by atoms with van der Waals surface area (Å²) in [5, 5.41) is 2.08. The second kappa shape index (κ2) is 5.88. The van der Waals surface area contributed by atoms with E-state index in [4.69, 9.17) is 11.6 Å². The standard InChI is InChI=1S/C20H19ClN2/c1-22-11-10-20-18(14-22)17-13-16(21)7-8-19(17)23(20)12-9-15-5-3-2-4-6-15/h2-9,12-13H,10-11,14H2,1H3. The molecular weight excluding hydrogens is 304 g/mol. The molecule has 2 aromatic carbocycles. The third-order valence-corrected chi connectivity index (χ3v) is 4.79. The van der Waals surface area contributed by atoms with Crippen LogP contribution in [0.4, 0.5) is 0 Å². The first-order valence-corrected chi connectivity index (χ1v) is 8.33. The fraction of sp³-hybridized carbons (Fsp3) is 0.200. The quantitative estimate of drug-likeness (QED) is 0.650. The number of aromatic nitrogens is 1. The van der Waals surface area contributed by atoms with E-state index >= 15 is 0 Å². The van der Waals surface area contributed by atoms with E-state index in [2.05, 4.69) is 65.2 Å². The second-order valence-electron chi connectivity index (χ2n) is 6.17. The Bertz CT molecular complexity index is 878. The first-order chi connectivity index (χ1) is 11.2. The van der Waals surface area contributed by atoms with Crippen molar-refractivity contribution in [2.75, 3.05) is 13.6 Å². The zero-order valence-electron chi connectivity index (χ0n) is 13.2. The molecule has 0 unspecified atom stereocenters. The molecule has 0 atom stereocenters. The molecule has 3 heteroatoms. The van der Waals surface area contributed by atoms with Crippen molar-refractivity contribution in [2.45, 2.75) is 13.0 Å². The molecule has 0 fully saturated rings. The lowest BCUT2D eigenvalue weighted by Crippen LogP contribution is -2.26. The van der Waals surface area contributed by atoms with Crippen LogP contribution < -0.4 is 0 Å². The summed E-state index contributed by atoms with van der Waals surface area (Å²) in [6.07, 6.45) is 5.43. The lowest BCUT2D eigenvalue weighted by molar-refractivity contribution is 0.312. The molecule has 23 heavy (non-hydrogen) atoms. The average Bonchev–Trinajstić information content (AvgIpc) is 2.86. The van der Waals surface area contributed by atoms with Gasteiger partial charge >= 0.3 is 0 Å². The molecule has 2 heterocycles. The van der Waals surface area contributed by atoms with Gasteiger partial charge in [0.25, 0.3) is 0 Å². The molecule has 0 saturated carbocycles. The van der Waals surface area contributed by atoms with E-state index in [0.717, 1.165) is 24.5 Å². The Kier molecular flexibility index (Phi) is 3.72. The molecular formula is C20H19ClN2. The van der Waals surface area contributed by atoms with Gasteiger partial charge in [0, 0.05) is 41.8 Å². The van der Waals surface area contributed by atoms with Crippen LogP contribution in [0.2, 0.25) is 5.02 Å². The van der Waals surface area contributed by atoms with Crippen molar-refractivity contribution in [2.24, 2.45) is 0 Å². The van der Waals surface area contributed by atoms with Gasteiger partial charge in [0.2, 0.25) is 0 Å². The molecule has 1 aliphatic heterocycles. The number of rotatable bonds is 2. The van der Waals surface area contributed by atoms with E-state index in [0.29, 0.717) is 0 Å². The molecule has 0 spiro atoms. The van der Waals surface area contributed by atoms with Crippen molar-refractivity contribution >= 4 is 34.8 Å². The van der Waals surface area contributed by atoms with Crippen molar-refractivity contribution < 1.29 is 0 Å². The van der Waals surface area contributed by atoms with Crippen LogP contribution in [0.1, 0.15) is 16.8 Å². The minimum Gasteiger partial charge on any atom is -0.320 e. The average molecular weight is 323 g/mol. The van der Waals surface area contributed by atoms with E-state index in [9.17, 15) is 0 Å². The van der Waals surface area contributed by atoms with Crippen LogP contribution in [-0.2, 0) is 13.0 Å². The first-order valence-electron chi connectivity index (χ1n) is 7.95. The van der Waals surface area contributed by atoms with Crippen LogP contribution in [0, 0.1) is 0 Å². The van der Waals surface area contributed by atoms with Gasteiger partial charge in [-0.1, -0.05) is 41.9 Å². The third kappa shape index (κ3) is 2.69. The number of benzene rings is 2. The second-order valence-corrected chi connectivity index (χ2v) is 6.61. The van der Waals surface area contributed by atoms with Crippen LogP contribution in [0.5, 0.6) is 0 Å². The Morgan fingerprint density at radius 2 is 1.91 bits per heavy atom. The molecule has 0 bridgehead atoms. The summed E-state index contributed by atoms with van der Waals surface area (Å²) < 4.78 is 2.33. The molecule has 3 aromatic rings. The molecule has 2 nitrogen and oxygen atoms in total. The van der Waals surface area contributed by atoms with Gasteiger partial charge in [-0.15, -0.1) is 0 Å². The number of fused-ring (bicyclic) bond motifs is 3. The van der Waals surface area contributed by atoms with Gasteiger partial charge in [-0.3, -0.25) is 0 Å². The SMILES string of the molecule is CN1CCc2c(c3cc(Cl)ccc3n2C=Cc2ccccc2)C1. The van der Waals surface area contributed by atoms with Crippen molar-refractivity contribution in [3.8, 4) is 0 Å². The van der Waals surface area contributed by atoms with Crippen LogP contribution >= 0.6 is 11.6 Å². The van der Waals surface area contributed by atoms with Gasteiger partial charge in [-0.2, -0.15) is 0 Å². The van der Waals surface area contributed by atoms with Crippen LogP contribution in [-0.4, -0.2) is 23.1 Å². The zero-order valence-corrected chi connectivity index (χ0v) is 13.9. The minimum atomic E-state index is 0.803. The largest absolute Gasteiger partial charge is 0.320 e. The van der Waals surface area contributed by atoms with Crippen molar-refractivity contribution in [3.63, 3.8) is 0 Å². The highest BCUT2D eigenvalue weighted by Crippen LogP contribution is 2.32. The Labute approximate surface area is 141 Å². The molecule has 116 valence electrons. The normalized spacial score (nSPS) is 15.4. The fourth-order valence-corrected chi connectivity index (χ4v) is 3.57. The summed E-state index contributed by atoms with van der Waals surface area (Å²) in [5.41, 5.74) is 5.27. The van der Waals surface area contributed by atoms with Gasteiger partial charge in [-0.05, 0) is 42.4 Å². The number of hydrogen-bond acceptors (Lipinski definition) is 1. The fourth-order valence-electron chi connectivity index (χ4n) is 3.39. The Hall–Kier alpha value is -2.03. The van der Waals surface area contributed by atoms with Crippen LogP contribution in [0.3, 0.4) is 0 Å². The van der Waals surface area contributed by atoms with E-state index in [1.165, 1.54) is 27.7 Å². The highest BCUT2D eigenvalue weighted by Gasteiger charge is 2.21. The Morgan fingerprint density at radius 1 is 1.09 bits per heavy atom. The maximum absolute atomic E-state index is 6.24. The number of halogens is 1. The van der Waals surface area contributed by atoms with Gasteiger partial charge in [0.05, 0.1) is 5.52 Å². The van der Waals surface area contributed by atoms with Crippen molar-refractivity contribution in [1.82, 2.24) is 9.47 Å². The summed E-state index contributed by atoms with van der Waals surface area (Å²) in [4.78, 5) is 2.37. The summed E-state index contributed by atoms with van der Waals surface area (Å²) in [6.45, 7) is 2.08. The number of hydrogen-bond donors (Lipinski definition) is 0. The van der Waals surface area contributed by atoms with E-state index < -0.39 is 0 Å². The Morgan fingerprint density at radius 3 is 2.74 bits per heavy atom. The molecule has 0 aliphatic carbocycles. The Balaban J connectivity index is 1.87. The maximum atomic E-state index is 6.24. The van der Waals surface area contributed by atoms with Gasteiger partial charge in [-0.25, -0.2) is 0 Å². The first kappa shape index (κ1) is 14.6. The van der Waals surface area contributed by atoms with Crippen molar-refractivity contribution in [3.05, 3.63) is 70.4 Å². The predicted octanol–water partition coefficient (Wildman–Crippen LogP) is 4.91. The van der Waals surface area contributed by atoms with Gasteiger partial charge < -0.3 is 9.47 Å². The highest BCUT2D eigenvalue weighted by atomic mass is 35.5. The molecule has 0 saturated heterocycles. The third-order valence-electron chi connectivity index (χ3n) is 4.56. The van der Waals surface area contributed by atoms with Gasteiger partial charge in [0.1, 0.15) is 0 Å². The molecule has 0 amide bonds. The highest BCUT2D eigenvalue weighted by molar-refractivity contribution is 6.31. The monoisotopic (exact) mass is 322 g/mol. The minimum absolute atomic E-state index is 0.803. The van der Waals surface area contributed by atoms with E-state index in [1.807, 2.05) is 12.1 Å². The molecule has 0 N–H and O–H groups in total. The summed E-state index contributed by atoms with van der Waals surface area (Å²) in [7, 11) is 2.18. The van der Waals surface area contributed by atoms with Crippen molar-refractivity contribution in [1.29, 1.82) is 0 Å². The summed E-state index contributed by atoms with van der Waals surface area (Å²) >= 11 is 6.24. The summed E-state index contributed by atoms with van der Waals surface area (Å²) in [6, 6.07) is 16.6. The molecule has 1 aliphatic rings. The van der Waals surface area contributed by atoms with Crippen LogP contribution in [0.15, 0.2) is 48.5 Å². The van der Waals surface area contributed by atoms with Crippen LogP contribution in [0.25, 0.3) is 23.2 Å². The predicted molar refractivity (Wildman–Crippen MR) is 98.7 cm³/mol. The lowest BCUT2D eigenvalue weighted by atomic mass is 10.1. The topological polar surface area (TPSA) is 8.17 Å². The van der Waals surface area contributed by atoms with E-state index in [1.54, 1.807) is 0 Å². The molecule has 0 radical (unpaired) electrons. The smallest absolute Gasteiger partial charge is 0.0529 e. The molecule has 1 aromatic heterocycles. The van der Waals surface area contributed by atoms with E-state index in [-0.39, 0.29) is 0 Å². The van der Waals surface area contributed by atoms with Gasteiger partial charge in [0.15, 0.2) is 0 Å². The lowest BCUT2D eigenvalue weighted by Gasteiger charge is -2.23. The zero-order chi connectivity index (χ0) is 15.8. The number of nitrogens with zero attached hydrogens (tertiary/aromatic N) is 2. The maximum Gasteiger partial charge on any atom is 0.0529 e. The molecule has 4 rings (SSSR count). The summed E-state index contributed by atoms with van der Waals surface area (Å²) in [5.74, 6) is 0. The number of likely N-dealkylation sites (N-methyl/N-ethyl adjacent to an activating group) is 1.